The van der Waals surface area contributed by atoms with Gasteiger partial charge in [-0.25, -0.2) is 0 Å². The highest BCUT2D eigenvalue weighted by Crippen LogP contribution is 2.21. The van der Waals surface area contributed by atoms with Gasteiger partial charge in [-0.3, -0.25) is 14.6 Å². The van der Waals surface area contributed by atoms with Crippen LogP contribution in [0.25, 0.3) is 0 Å². The Hall–Kier alpha value is -3.09. The minimum absolute atomic E-state index is 0.0922. The van der Waals surface area contributed by atoms with Crippen molar-refractivity contribution in [2.75, 3.05) is 44.7 Å². The number of anilines is 1. The summed E-state index contributed by atoms with van der Waals surface area (Å²) < 4.78 is 5.20. The molecule has 0 spiro atoms. The minimum atomic E-state index is -0.204. The predicted octanol–water partition coefficient (Wildman–Crippen LogP) is 2.44. The largest absolute Gasteiger partial charge is 0.497 e. The number of amides is 2. The van der Waals surface area contributed by atoms with Gasteiger partial charge in [0, 0.05) is 50.8 Å². The molecule has 0 aliphatic carbocycles. The van der Waals surface area contributed by atoms with Crippen molar-refractivity contribution >= 4 is 17.5 Å². The number of rotatable bonds is 6. The molecule has 0 unspecified atom stereocenters. The van der Waals surface area contributed by atoms with E-state index in [9.17, 15) is 9.59 Å². The van der Waals surface area contributed by atoms with Crippen molar-refractivity contribution in [3.05, 3.63) is 53.9 Å². The molecule has 0 saturated carbocycles. The molecule has 1 fully saturated rings. The molecule has 1 aromatic heterocycles. The van der Waals surface area contributed by atoms with E-state index in [1.54, 1.807) is 13.2 Å². The van der Waals surface area contributed by atoms with E-state index in [1.807, 2.05) is 43.0 Å². The summed E-state index contributed by atoms with van der Waals surface area (Å²) in [6, 6.07) is 9.56. The van der Waals surface area contributed by atoms with Gasteiger partial charge in [-0.1, -0.05) is 13.8 Å². The Kier molecular flexibility index (Phi) is 6.69. The molecule has 154 valence electrons. The standard InChI is InChI=1S/C22H28N4O3/c1-16(2)13-24-21(27)17-12-18(15-23-14-17)22(28)26-10-8-25(9-11-26)19-4-6-20(29-3)7-5-19/h4-7,12,14-16H,8-11,13H2,1-3H3,(H,24,27). The third kappa shape index (κ3) is 5.25. The van der Waals surface area contributed by atoms with Gasteiger partial charge in [0.25, 0.3) is 11.8 Å². The average Bonchev–Trinajstić information content (AvgIpc) is 2.77. The Morgan fingerprint density at radius 2 is 1.72 bits per heavy atom. The maximum Gasteiger partial charge on any atom is 0.255 e. The summed E-state index contributed by atoms with van der Waals surface area (Å²) in [5.74, 6) is 0.890. The third-order valence-corrected chi connectivity index (χ3v) is 4.92. The maximum absolute atomic E-state index is 12.9. The summed E-state index contributed by atoms with van der Waals surface area (Å²) in [6.07, 6.45) is 3.02. The molecule has 7 nitrogen and oxygen atoms in total. The van der Waals surface area contributed by atoms with Crippen molar-refractivity contribution in [3.63, 3.8) is 0 Å². The first-order chi connectivity index (χ1) is 14.0. The molecule has 2 aromatic rings. The number of nitrogens with zero attached hydrogens (tertiary/aromatic N) is 3. The summed E-state index contributed by atoms with van der Waals surface area (Å²) in [7, 11) is 1.65. The zero-order chi connectivity index (χ0) is 20.8. The van der Waals surface area contributed by atoms with Gasteiger partial charge in [0.2, 0.25) is 0 Å². The van der Waals surface area contributed by atoms with Gasteiger partial charge in [-0.15, -0.1) is 0 Å². The van der Waals surface area contributed by atoms with Crippen LogP contribution in [0.15, 0.2) is 42.7 Å². The van der Waals surface area contributed by atoms with Gasteiger partial charge in [0.15, 0.2) is 0 Å². The molecule has 2 heterocycles. The fraction of sp³-hybridized carbons (Fsp3) is 0.409. The Morgan fingerprint density at radius 1 is 1.07 bits per heavy atom. The number of hydrogen-bond donors (Lipinski definition) is 1. The smallest absolute Gasteiger partial charge is 0.255 e. The zero-order valence-electron chi connectivity index (χ0n) is 17.2. The highest BCUT2D eigenvalue weighted by Gasteiger charge is 2.23. The number of piperazine rings is 1. The van der Waals surface area contributed by atoms with Crippen molar-refractivity contribution < 1.29 is 14.3 Å². The van der Waals surface area contributed by atoms with Crippen LogP contribution in [0.4, 0.5) is 5.69 Å². The van der Waals surface area contributed by atoms with Crippen LogP contribution in [0.3, 0.4) is 0 Å². The van der Waals surface area contributed by atoms with Crippen molar-refractivity contribution in [3.8, 4) is 5.75 Å². The van der Waals surface area contributed by atoms with Gasteiger partial charge >= 0.3 is 0 Å². The Balaban J connectivity index is 1.60. The number of aromatic nitrogens is 1. The lowest BCUT2D eigenvalue weighted by atomic mass is 10.1. The number of pyridine rings is 1. The van der Waals surface area contributed by atoms with Gasteiger partial charge in [0.1, 0.15) is 5.75 Å². The molecule has 0 bridgehead atoms. The van der Waals surface area contributed by atoms with E-state index in [0.717, 1.165) is 24.5 Å². The SMILES string of the molecule is COc1ccc(N2CCN(C(=O)c3cncc(C(=O)NCC(C)C)c3)CC2)cc1. The van der Waals surface area contributed by atoms with E-state index >= 15 is 0 Å². The lowest BCUT2D eigenvalue weighted by molar-refractivity contribution is 0.0746. The minimum Gasteiger partial charge on any atom is -0.497 e. The lowest BCUT2D eigenvalue weighted by Gasteiger charge is -2.36. The van der Waals surface area contributed by atoms with Gasteiger partial charge in [-0.2, -0.15) is 0 Å². The van der Waals surface area contributed by atoms with E-state index in [4.69, 9.17) is 4.74 Å². The van der Waals surface area contributed by atoms with Crippen molar-refractivity contribution in [2.45, 2.75) is 13.8 Å². The topological polar surface area (TPSA) is 74.8 Å². The highest BCUT2D eigenvalue weighted by molar-refractivity contribution is 5.99. The summed E-state index contributed by atoms with van der Waals surface area (Å²) in [5.41, 5.74) is 1.97. The van der Waals surface area contributed by atoms with Crippen LogP contribution < -0.4 is 15.0 Å². The van der Waals surface area contributed by atoms with Crippen LogP contribution in [0.2, 0.25) is 0 Å². The van der Waals surface area contributed by atoms with Crippen molar-refractivity contribution in [2.24, 2.45) is 5.92 Å². The number of nitrogens with one attached hydrogen (secondary N) is 1. The monoisotopic (exact) mass is 396 g/mol. The molecular formula is C22H28N4O3. The summed E-state index contributed by atoms with van der Waals surface area (Å²) in [5, 5.41) is 2.86. The van der Waals surface area contributed by atoms with Crippen LogP contribution in [-0.4, -0.2) is 61.5 Å². The lowest BCUT2D eigenvalue weighted by Crippen LogP contribution is -2.48. The van der Waals surface area contributed by atoms with Crippen molar-refractivity contribution in [1.29, 1.82) is 0 Å². The van der Waals surface area contributed by atoms with Crippen LogP contribution in [0.5, 0.6) is 5.75 Å². The number of ether oxygens (including phenoxy) is 1. The first-order valence-electron chi connectivity index (χ1n) is 9.89. The van der Waals surface area contributed by atoms with Gasteiger partial charge < -0.3 is 19.9 Å². The average molecular weight is 396 g/mol. The second kappa shape index (κ2) is 9.41. The fourth-order valence-corrected chi connectivity index (χ4v) is 3.22. The summed E-state index contributed by atoms with van der Waals surface area (Å²) >= 11 is 0. The second-order valence-corrected chi connectivity index (χ2v) is 7.54. The Labute approximate surface area is 171 Å². The number of carbonyl (C=O) groups is 2. The number of carbonyl (C=O) groups excluding carboxylic acids is 2. The van der Waals surface area contributed by atoms with Crippen LogP contribution in [0.1, 0.15) is 34.6 Å². The maximum atomic E-state index is 12.9. The number of hydrogen-bond acceptors (Lipinski definition) is 5. The van der Waals surface area contributed by atoms with E-state index in [2.05, 4.69) is 15.2 Å². The Bertz CT molecular complexity index is 843. The molecule has 1 aromatic carbocycles. The molecule has 0 radical (unpaired) electrons. The number of benzene rings is 1. The Morgan fingerprint density at radius 3 is 2.34 bits per heavy atom. The molecular weight excluding hydrogens is 368 g/mol. The van der Waals surface area contributed by atoms with Crippen LogP contribution >= 0.6 is 0 Å². The molecule has 2 amide bonds. The van der Waals surface area contributed by atoms with Gasteiger partial charge in [-0.05, 0) is 36.2 Å². The van der Waals surface area contributed by atoms with Crippen molar-refractivity contribution in [1.82, 2.24) is 15.2 Å². The normalized spacial score (nSPS) is 14.1. The van der Waals surface area contributed by atoms with E-state index in [0.29, 0.717) is 36.7 Å². The molecule has 29 heavy (non-hydrogen) atoms. The van der Waals surface area contributed by atoms with Crippen LogP contribution in [-0.2, 0) is 0 Å². The molecule has 1 N–H and O–H groups in total. The molecule has 1 aliphatic rings. The van der Waals surface area contributed by atoms with E-state index in [1.165, 1.54) is 12.4 Å². The summed E-state index contributed by atoms with van der Waals surface area (Å²) in [4.78, 5) is 33.3. The van der Waals surface area contributed by atoms with E-state index in [-0.39, 0.29) is 11.8 Å². The highest BCUT2D eigenvalue weighted by atomic mass is 16.5. The predicted molar refractivity (Wildman–Crippen MR) is 113 cm³/mol. The molecule has 0 atom stereocenters. The zero-order valence-corrected chi connectivity index (χ0v) is 17.2. The third-order valence-electron chi connectivity index (χ3n) is 4.92. The first-order valence-corrected chi connectivity index (χ1v) is 9.89. The molecule has 1 saturated heterocycles. The quantitative estimate of drug-likeness (QED) is 0.812. The number of methoxy groups -OCH3 is 1. The second-order valence-electron chi connectivity index (χ2n) is 7.54. The van der Waals surface area contributed by atoms with Crippen LogP contribution in [0, 0.1) is 5.92 Å². The molecule has 7 heteroatoms. The fourth-order valence-electron chi connectivity index (χ4n) is 3.22. The van der Waals surface area contributed by atoms with Gasteiger partial charge in [0.05, 0.1) is 18.2 Å². The first kappa shape index (κ1) is 20.6. The van der Waals surface area contributed by atoms with E-state index < -0.39 is 0 Å². The summed E-state index contributed by atoms with van der Waals surface area (Å²) in [6.45, 7) is 7.39. The molecule has 1 aliphatic heterocycles. The molecule has 3 rings (SSSR count).